The molecule has 0 saturated heterocycles. The molecule has 0 amide bonds. The molecule has 2 nitrogen and oxygen atoms in total. The summed E-state index contributed by atoms with van der Waals surface area (Å²) in [6.07, 6.45) is -8.52. The first-order valence-electron chi connectivity index (χ1n) is 12.9. The number of rotatable bonds is 8. The first-order valence-corrected chi connectivity index (χ1v) is 12.9. The van der Waals surface area contributed by atoms with Crippen LogP contribution in [0.5, 0.6) is 11.5 Å². The second-order valence-corrected chi connectivity index (χ2v) is 9.36. The Kier molecular flexibility index (Phi) is 9.47. The zero-order valence-corrected chi connectivity index (χ0v) is 22.6. The summed E-state index contributed by atoms with van der Waals surface area (Å²) in [5.74, 6) is -5.31. The molecule has 0 atom stereocenters. The van der Waals surface area contributed by atoms with Crippen LogP contribution in [0.15, 0.2) is 66.7 Å². The second-order valence-electron chi connectivity index (χ2n) is 9.36. The van der Waals surface area contributed by atoms with Gasteiger partial charge >= 0.3 is 12.3 Å². The lowest BCUT2D eigenvalue weighted by molar-refractivity contribution is -0.189. The van der Waals surface area contributed by atoms with Gasteiger partial charge in [-0.05, 0) is 53.9 Å². The number of halogens is 10. The van der Waals surface area contributed by atoms with Crippen molar-refractivity contribution in [2.24, 2.45) is 0 Å². The van der Waals surface area contributed by atoms with Gasteiger partial charge in [0.05, 0.1) is 12.2 Å². The van der Waals surface area contributed by atoms with Crippen LogP contribution in [0.1, 0.15) is 42.0 Å². The van der Waals surface area contributed by atoms with E-state index in [1.54, 1.807) is 30.3 Å². The molecule has 0 heterocycles. The van der Waals surface area contributed by atoms with Crippen molar-refractivity contribution in [2.45, 2.75) is 32.1 Å². The maximum absolute atomic E-state index is 14.7. The summed E-state index contributed by atoms with van der Waals surface area (Å²) in [6, 6.07) is 11.4. The molecule has 4 aromatic carbocycles. The smallest absolute Gasteiger partial charge is 0.432 e. The Labute approximate surface area is 244 Å². The van der Waals surface area contributed by atoms with Crippen LogP contribution >= 0.6 is 0 Å². The minimum absolute atomic E-state index is 0.168. The molecule has 230 valence electrons. The topological polar surface area (TPSA) is 18.5 Å². The SMILES string of the molecule is CCCCOc1ccc(-c2ccc(C#Cc3cc(F)c(C(F)(F)Oc4cc(F)c(C(F)(F)F)c(F)c4)c(F)c3)c(F)c2)cc1. The van der Waals surface area contributed by atoms with Gasteiger partial charge in [0.15, 0.2) is 0 Å². The number of hydrogen-bond acceptors (Lipinski definition) is 2. The van der Waals surface area contributed by atoms with Crippen LogP contribution in [0.2, 0.25) is 0 Å². The van der Waals surface area contributed by atoms with Gasteiger partial charge in [0.1, 0.15) is 51.7 Å². The van der Waals surface area contributed by atoms with Gasteiger partial charge in [-0.15, -0.1) is 0 Å². The first kappa shape index (κ1) is 32.3. The van der Waals surface area contributed by atoms with E-state index < -0.39 is 63.8 Å². The first-order chi connectivity index (χ1) is 20.7. The molecule has 0 aliphatic heterocycles. The van der Waals surface area contributed by atoms with Crippen LogP contribution < -0.4 is 9.47 Å². The Morgan fingerprint density at radius 2 is 1.18 bits per heavy atom. The minimum atomic E-state index is -5.48. The van der Waals surface area contributed by atoms with Crippen LogP contribution in [0, 0.1) is 40.9 Å². The third-order valence-electron chi connectivity index (χ3n) is 6.14. The zero-order valence-electron chi connectivity index (χ0n) is 22.6. The van der Waals surface area contributed by atoms with Crippen LogP contribution in [0.4, 0.5) is 43.9 Å². The predicted octanol–water partition coefficient (Wildman–Crippen LogP) is 9.77. The molecule has 44 heavy (non-hydrogen) atoms. The monoisotopic (exact) mass is 626 g/mol. The number of ether oxygens (including phenoxy) is 2. The van der Waals surface area contributed by atoms with Gasteiger partial charge in [-0.2, -0.15) is 22.0 Å². The Hall–Kier alpha value is -4.66. The molecule has 4 rings (SSSR count). The molecule has 0 saturated carbocycles. The van der Waals surface area contributed by atoms with Crippen molar-refractivity contribution in [3.8, 4) is 34.5 Å². The fourth-order valence-corrected chi connectivity index (χ4v) is 4.02. The molecular weight excluding hydrogens is 606 g/mol. The quantitative estimate of drug-likeness (QED) is 0.110. The maximum Gasteiger partial charge on any atom is 0.432 e. The van der Waals surface area contributed by atoms with Crippen molar-refractivity contribution in [3.05, 3.63) is 118 Å². The predicted molar refractivity (Wildman–Crippen MR) is 140 cm³/mol. The molecule has 0 N–H and O–H groups in total. The normalized spacial score (nSPS) is 11.6. The van der Waals surface area contributed by atoms with E-state index in [9.17, 15) is 43.9 Å². The van der Waals surface area contributed by atoms with E-state index in [2.05, 4.69) is 16.6 Å². The summed E-state index contributed by atoms with van der Waals surface area (Å²) >= 11 is 0. The molecule has 0 aliphatic carbocycles. The lowest BCUT2D eigenvalue weighted by atomic mass is 10.0. The van der Waals surface area contributed by atoms with Gasteiger partial charge in [0.25, 0.3) is 0 Å². The van der Waals surface area contributed by atoms with Crippen molar-refractivity contribution in [1.29, 1.82) is 0 Å². The Balaban J connectivity index is 1.53. The molecule has 0 unspecified atom stereocenters. The van der Waals surface area contributed by atoms with Crippen molar-refractivity contribution < 1.29 is 53.4 Å². The Bertz CT molecular complexity index is 1670. The maximum atomic E-state index is 14.7. The van der Waals surface area contributed by atoms with Crippen molar-refractivity contribution in [2.75, 3.05) is 6.61 Å². The van der Waals surface area contributed by atoms with Crippen LogP contribution in [0.3, 0.4) is 0 Å². The highest BCUT2D eigenvalue weighted by Crippen LogP contribution is 2.39. The number of alkyl halides is 5. The molecule has 12 heteroatoms. The van der Waals surface area contributed by atoms with E-state index in [4.69, 9.17) is 4.74 Å². The van der Waals surface area contributed by atoms with E-state index in [1.807, 2.05) is 6.92 Å². The van der Waals surface area contributed by atoms with Crippen molar-refractivity contribution >= 4 is 0 Å². The van der Waals surface area contributed by atoms with E-state index in [0.29, 0.717) is 35.6 Å². The lowest BCUT2D eigenvalue weighted by Crippen LogP contribution is -2.25. The minimum Gasteiger partial charge on any atom is -0.494 e. The third-order valence-corrected chi connectivity index (χ3v) is 6.14. The average molecular weight is 626 g/mol. The highest BCUT2D eigenvalue weighted by atomic mass is 19.4. The number of hydrogen-bond donors (Lipinski definition) is 0. The molecular formula is C32H20F10O2. The Morgan fingerprint density at radius 1 is 0.614 bits per heavy atom. The third kappa shape index (κ3) is 7.45. The van der Waals surface area contributed by atoms with Crippen LogP contribution in [-0.2, 0) is 12.3 Å². The van der Waals surface area contributed by atoms with Gasteiger partial charge in [-0.3, -0.25) is 0 Å². The number of unbranched alkanes of at least 4 members (excludes halogenated alkanes) is 1. The van der Waals surface area contributed by atoms with Gasteiger partial charge < -0.3 is 9.47 Å². The van der Waals surface area contributed by atoms with E-state index in [-0.39, 0.29) is 17.7 Å². The van der Waals surface area contributed by atoms with E-state index in [0.717, 1.165) is 12.8 Å². The molecule has 0 aromatic heterocycles. The van der Waals surface area contributed by atoms with Crippen LogP contribution in [0.25, 0.3) is 11.1 Å². The largest absolute Gasteiger partial charge is 0.494 e. The van der Waals surface area contributed by atoms with Crippen molar-refractivity contribution in [1.82, 2.24) is 0 Å². The van der Waals surface area contributed by atoms with Gasteiger partial charge in [0, 0.05) is 17.7 Å². The summed E-state index contributed by atoms with van der Waals surface area (Å²) in [5, 5.41) is 0. The zero-order chi connectivity index (χ0) is 32.2. The van der Waals surface area contributed by atoms with Gasteiger partial charge in [0.2, 0.25) is 0 Å². The summed E-state index contributed by atoms with van der Waals surface area (Å²) in [5.41, 5.74) is -3.82. The molecule has 0 spiro atoms. The van der Waals surface area contributed by atoms with Crippen LogP contribution in [-0.4, -0.2) is 6.61 Å². The molecule has 0 fully saturated rings. The molecule has 0 bridgehead atoms. The summed E-state index contributed by atoms with van der Waals surface area (Å²) in [7, 11) is 0. The average Bonchev–Trinajstić information content (AvgIpc) is 2.91. The molecule has 4 aromatic rings. The fourth-order valence-electron chi connectivity index (χ4n) is 4.02. The summed E-state index contributed by atoms with van der Waals surface area (Å²) in [6.45, 7) is 2.60. The molecule has 0 radical (unpaired) electrons. The highest BCUT2D eigenvalue weighted by Gasteiger charge is 2.43. The Morgan fingerprint density at radius 3 is 1.73 bits per heavy atom. The van der Waals surface area contributed by atoms with Gasteiger partial charge in [-0.25, -0.2) is 22.0 Å². The lowest BCUT2D eigenvalue weighted by Gasteiger charge is -2.20. The molecule has 0 aliphatic rings. The van der Waals surface area contributed by atoms with Crippen molar-refractivity contribution in [3.63, 3.8) is 0 Å². The summed E-state index contributed by atoms with van der Waals surface area (Å²) < 4.78 is 148. The highest BCUT2D eigenvalue weighted by molar-refractivity contribution is 5.65. The standard InChI is InChI=1S/C32H20F10O2/c1-2-3-12-43-22-10-8-19(9-11-22)21-7-6-20(24(33)15-21)5-4-18-13-25(34)30(26(35)14-18)32(41,42)44-23-16-27(36)29(28(37)17-23)31(38,39)40/h6-11,13-17H,2-3,12H2,1H3. The van der Waals surface area contributed by atoms with E-state index >= 15 is 0 Å². The number of benzene rings is 4. The van der Waals surface area contributed by atoms with E-state index in [1.165, 1.54) is 12.1 Å². The summed E-state index contributed by atoms with van der Waals surface area (Å²) in [4.78, 5) is 0. The second kappa shape index (κ2) is 12.9. The van der Waals surface area contributed by atoms with Gasteiger partial charge in [-0.1, -0.05) is 43.4 Å². The fraction of sp³-hybridized carbons (Fsp3) is 0.188.